The van der Waals surface area contributed by atoms with Gasteiger partial charge in [-0.2, -0.15) is 0 Å². The van der Waals surface area contributed by atoms with Crippen LogP contribution in [0.15, 0.2) is 40.9 Å². The van der Waals surface area contributed by atoms with E-state index in [1.807, 2.05) is 6.07 Å². The second-order valence-electron chi connectivity index (χ2n) is 5.91. The van der Waals surface area contributed by atoms with Crippen LogP contribution in [-0.4, -0.2) is 53.6 Å². The quantitative estimate of drug-likeness (QED) is 0.911. The van der Waals surface area contributed by atoms with E-state index in [1.54, 1.807) is 13.0 Å². The van der Waals surface area contributed by atoms with E-state index in [4.69, 9.17) is 4.52 Å². The van der Waals surface area contributed by atoms with Gasteiger partial charge >= 0.3 is 0 Å². The van der Waals surface area contributed by atoms with Gasteiger partial charge in [-0.1, -0.05) is 35.5 Å². The highest BCUT2D eigenvalue weighted by atomic mass is 16.5. The standard InChI is InChI=1S/C17H22N4O2/c1-14-11-16(19-23-14)18-17(22)13-21-9-7-20(8-10-21)12-15-5-3-2-4-6-15/h2-6,11H,7-10,12-13H2,1H3,(H,18,19,22). The molecule has 1 aromatic carbocycles. The summed E-state index contributed by atoms with van der Waals surface area (Å²) in [5, 5.41) is 6.54. The van der Waals surface area contributed by atoms with Crippen molar-refractivity contribution in [1.82, 2.24) is 15.0 Å². The maximum absolute atomic E-state index is 12.0. The summed E-state index contributed by atoms with van der Waals surface area (Å²) in [6.07, 6.45) is 0. The van der Waals surface area contributed by atoms with Gasteiger partial charge < -0.3 is 9.84 Å². The molecule has 3 rings (SSSR count). The van der Waals surface area contributed by atoms with Gasteiger partial charge in [-0.25, -0.2) is 0 Å². The fourth-order valence-electron chi connectivity index (χ4n) is 2.76. The zero-order valence-corrected chi connectivity index (χ0v) is 13.4. The van der Waals surface area contributed by atoms with Crippen molar-refractivity contribution in [1.29, 1.82) is 0 Å². The number of carbonyl (C=O) groups excluding carboxylic acids is 1. The molecule has 1 fully saturated rings. The maximum Gasteiger partial charge on any atom is 0.239 e. The first-order valence-electron chi connectivity index (χ1n) is 7.91. The molecule has 0 unspecified atom stereocenters. The van der Waals surface area contributed by atoms with E-state index >= 15 is 0 Å². The van der Waals surface area contributed by atoms with Crippen LogP contribution in [0, 0.1) is 6.92 Å². The molecule has 0 saturated carbocycles. The van der Waals surface area contributed by atoms with Crippen molar-refractivity contribution in [2.45, 2.75) is 13.5 Å². The summed E-state index contributed by atoms with van der Waals surface area (Å²) in [6, 6.07) is 12.2. The number of aryl methyl sites for hydroxylation is 1. The summed E-state index contributed by atoms with van der Waals surface area (Å²) in [4.78, 5) is 16.6. The van der Waals surface area contributed by atoms with Crippen molar-refractivity contribution in [3.05, 3.63) is 47.7 Å². The number of hydrogen-bond donors (Lipinski definition) is 1. The summed E-state index contributed by atoms with van der Waals surface area (Å²) in [7, 11) is 0. The average Bonchev–Trinajstić information content (AvgIpc) is 2.95. The summed E-state index contributed by atoms with van der Waals surface area (Å²) < 4.78 is 4.94. The number of amides is 1. The van der Waals surface area contributed by atoms with Gasteiger partial charge in [-0.05, 0) is 12.5 Å². The van der Waals surface area contributed by atoms with E-state index in [0.29, 0.717) is 18.1 Å². The first-order chi connectivity index (χ1) is 11.2. The molecular weight excluding hydrogens is 292 g/mol. The van der Waals surface area contributed by atoms with E-state index < -0.39 is 0 Å². The Morgan fingerprint density at radius 3 is 2.52 bits per heavy atom. The highest BCUT2D eigenvalue weighted by molar-refractivity contribution is 5.91. The lowest BCUT2D eigenvalue weighted by Crippen LogP contribution is -2.48. The van der Waals surface area contributed by atoms with E-state index in [1.165, 1.54) is 5.56 Å². The van der Waals surface area contributed by atoms with Gasteiger partial charge in [0.15, 0.2) is 5.82 Å². The molecule has 0 atom stereocenters. The van der Waals surface area contributed by atoms with Crippen LogP contribution in [0.2, 0.25) is 0 Å². The average molecular weight is 314 g/mol. The van der Waals surface area contributed by atoms with E-state index in [-0.39, 0.29) is 5.91 Å². The van der Waals surface area contributed by atoms with Gasteiger partial charge in [0.25, 0.3) is 0 Å². The molecule has 0 aliphatic carbocycles. The van der Waals surface area contributed by atoms with E-state index in [2.05, 4.69) is 44.5 Å². The van der Waals surface area contributed by atoms with Crippen LogP contribution < -0.4 is 5.32 Å². The van der Waals surface area contributed by atoms with Crippen molar-refractivity contribution in [2.24, 2.45) is 0 Å². The number of hydrogen-bond acceptors (Lipinski definition) is 5. The van der Waals surface area contributed by atoms with Crippen molar-refractivity contribution in [3.8, 4) is 0 Å². The molecule has 23 heavy (non-hydrogen) atoms. The fourth-order valence-corrected chi connectivity index (χ4v) is 2.76. The van der Waals surface area contributed by atoms with Crippen LogP contribution in [0.4, 0.5) is 5.82 Å². The van der Waals surface area contributed by atoms with Gasteiger partial charge in [-0.15, -0.1) is 0 Å². The Labute approximate surface area is 136 Å². The molecular formula is C17H22N4O2. The number of piperazine rings is 1. The minimum Gasteiger partial charge on any atom is -0.360 e. The maximum atomic E-state index is 12.0. The largest absolute Gasteiger partial charge is 0.360 e. The van der Waals surface area contributed by atoms with Gasteiger partial charge in [0.05, 0.1) is 6.54 Å². The molecule has 1 amide bonds. The zero-order chi connectivity index (χ0) is 16.1. The number of nitrogens with zero attached hydrogens (tertiary/aromatic N) is 3. The lowest BCUT2D eigenvalue weighted by atomic mass is 10.2. The highest BCUT2D eigenvalue weighted by Crippen LogP contribution is 2.09. The van der Waals surface area contributed by atoms with Gasteiger partial charge in [0, 0.05) is 38.8 Å². The molecule has 1 aliphatic rings. The van der Waals surface area contributed by atoms with Crippen LogP contribution >= 0.6 is 0 Å². The van der Waals surface area contributed by atoms with Crippen LogP contribution in [0.25, 0.3) is 0 Å². The molecule has 1 aliphatic heterocycles. The second-order valence-corrected chi connectivity index (χ2v) is 5.91. The van der Waals surface area contributed by atoms with Crippen LogP contribution in [0.5, 0.6) is 0 Å². The topological polar surface area (TPSA) is 61.6 Å². The number of anilines is 1. The molecule has 0 spiro atoms. The first-order valence-corrected chi connectivity index (χ1v) is 7.91. The molecule has 122 valence electrons. The molecule has 6 heteroatoms. The molecule has 0 radical (unpaired) electrons. The molecule has 1 N–H and O–H groups in total. The predicted molar refractivity (Wildman–Crippen MR) is 88.0 cm³/mol. The molecule has 0 bridgehead atoms. The van der Waals surface area contributed by atoms with Crippen molar-refractivity contribution >= 4 is 11.7 Å². The highest BCUT2D eigenvalue weighted by Gasteiger charge is 2.19. The Balaban J connectivity index is 1.41. The van der Waals surface area contributed by atoms with E-state index in [9.17, 15) is 4.79 Å². The van der Waals surface area contributed by atoms with Crippen molar-refractivity contribution < 1.29 is 9.32 Å². The van der Waals surface area contributed by atoms with Crippen LogP contribution in [0.3, 0.4) is 0 Å². The third-order valence-electron chi connectivity index (χ3n) is 3.98. The van der Waals surface area contributed by atoms with Gasteiger partial charge in [-0.3, -0.25) is 14.6 Å². The molecule has 2 heterocycles. The van der Waals surface area contributed by atoms with E-state index in [0.717, 1.165) is 32.7 Å². The second kappa shape index (κ2) is 7.39. The third-order valence-corrected chi connectivity index (χ3v) is 3.98. The van der Waals surface area contributed by atoms with Crippen molar-refractivity contribution in [3.63, 3.8) is 0 Å². The minimum atomic E-state index is -0.0465. The van der Waals surface area contributed by atoms with Crippen LogP contribution in [-0.2, 0) is 11.3 Å². The summed E-state index contributed by atoms with van der Waals surface area (Å²) >= 11 is 0. The molecule has 1 saturated heterocycles. The number of nitrogens with one attached hydrogen (secondary N) is 1. The molecule has 2 aromatic rings. The third kappa shape index (κ3) is 4.64. The Hall–Kier alpha value is -2.18. The Morgan fingerprint density at radius 1 is 1.17 bits per heavy atom. The molecule has 6 nitrogen and oxygen atoms in total. The van der Waals surface area contributed by atoms with Gasteiger partial charge in [0.1, 0.15) is 5.76 Å². The fraction of sp³-hybridized carbons (Fsp3) is 0.412. The zero-order valence-electron chi connectivity index (χ0n) is 13.4. The normalized spacial score (nSPS) is 16.4. The van der Waals surface area contributed by atoms with Gasteiger partial charge in [0.2, 0.25) is 5.91 Å². The smallest absolute Gasteiger partial charge is 0.239 e. The van der Waals surface area contributed by atoms with Crippen molar-refractivity contribution in [2.75, 3.05) is 38.0 Å². The number of benzene rings is 1. The monoisotopic (exact) mass is 314 g/mol. The SMILES string of the molecule is Cc1cc(NC(=O)CN2CCN(Cc3ccccc3)CC2)no1. The predicted octanol–water partition coefficient (Wildman–Crippen LogP) is 1.74. The minimum absolute atomic E-state index is 0.0465. The summed E-state index contributed by atoms with van der Waals surface area (Å²) in [6.45, 7) is 6.92. The number of rotatable bonds is 5. The number of carbonyl (C=O) groups is 1. The summed E-state index contributed by atoms with van der Waals surface area (Å²) in [5.74, 6) is 1.12. The molecule has 1 aromatic heterocycles. The lowest BCUT2D eigenvalue weighted by molar-refractivity contribution is -0.117. The number of aromatic nitrogens is 1. The Kier molecular flexibility index (Phi) is 5.05. The lowest BCUT2D eigenvalue weighted by Gasteiger charge is -2.34. The summed E-state index contributed by atoms with van der Waals surface area (Å²) in [5.41, 5.74) is 1.33. The first kappa shape index (κ1) is 15.7. The Bertz CT molecular complexity index is 633. The van der Waals surface area contributed by atoms with Crippen LogP contribution in [0.1, 0.15) is 11.3 Å². The Morgan fingerprint density at radius 2 is 1.87 bits per heavy atom.